The van der Waals surface area contributed by atoms with E-state index in [2.05, 4.69) is 26.9 Å². The second kappa shape index (κ2) is 12.1. The van der Waals surface area contributed by atoms with Gasteiger partial charge in [0, 0.05) is 32.2 Å². The van der Waals surface area contributed by atoms with Crippen LogP contribution in [0.4, 0.5) is 0 Å². The maximum Gasteiger partial charge on any atom is 0.208 e. The van der Waals surface area contributed by atoms with Crippen LogP contribution in [0.15, 0.2) is 41.9 Å². The minimum Gasteiger partial charge on any atom is -0.489 e. The summed E-state index contributed by atoms with van der Waals surface area (Å²) >= 11 is 0. The zero-order valence-electron chi connectivity index (χ0n) is 13.9. The molecule has 0 aliphatic carbocycles. The largest absolute Gasteiger partial charge is 0.489 e. The average molecular weight is 468 g/mol. The first kappa shape index (κ1) is 22.7. The molecule has 7 nitrogen and oxygen atoms in total. The van der Waals surface area contributed by atoms with E-state index in [1.54, 1.807) is 13.1 Å². The summed E-state index contributed by atoms with van der Waals surface area (Å²) < 4.78 is 29.9. The van der Waals surface area contributed by atoms with Crippen LogP contribution in [-0.2, 0) is 16.6 Å². The molecule has 0 fully saturated rings. The topological polar surface area (TPSA) is 91.8 Å². The molecule has 0 atom stereocenters. The first-order chi connectivity index (χ1) is 11.0. The Bertz CT molecular complexity index is 635. The summed E-state index contributed by atoms with van der Waals surface area (Å²) in [6.45, 7) is 5.34. The summed E-state index contributed by atoms with van der Waals surface area (Å²) in [7, 11) is -1.52. The van der Waals surface area contributed by atoms with Gasteiger partial charge in [0.15, 0.2) is 5.96 Å². The van der Waals surface area contributed by atoms with Gasteiger partial charge in [-0.2, -0.15) is 0 Å². The van der Waals surface area contributed by atoms with Gasteiger partial charge in [0.2, 0.25) is 10.0 Å². The average Bonchev–Trinajstić information content (AvgIpc) is 2.52. The first-order valence-corrected chi connectivity index (χ1v) is 9.06. The van der Waals surface area contributed by atoms with E-state index in [1.165, 1.54) is 0 Å². The van der Waals surface area contributed by atoms with Crippen molar-refractivity contribution in [2.75, 3.05) is 33.0 Å². The molecule has 0 bridgehead atoms. The third-order valence-electron chi connectivity index (χ3n) is 2.78. The number of halogens is 1. The van der Waals surface area contributed by atoms with Crippen molar-refractivity contribution in [3.8, 4) is 5.75 Å². The van der Waals surface area contributed by atoms with Gasteiger partial charge in [0.1, 0.15) is 12.4 Å². The molecule has 0 saturated carbocycles. The summed E-state index contributed by atoms with van der Waals surface area (Å²) in [5.41, 5.74) is 0.992. The van der Waals surface area contributed by atoms with Crippen LogP contribution in [0.3, 0.4) is 0 Å². The molecule has 1 aromatic rings. The molecule has 0 saturated heterocycles. The molecule has 0 spiro atoms. The fraction of sp³-hybridized carbons (Fsp3) is 0.400. The summed E-state index contributed by atoms with van der Waals surface area (Å²) in [5.74, 6) is 1.37. The Morgan fingerprint density at radius 3 is 2.62 bits per heavy atom. The summed E-state index contributed by atoms with van der Waals surface area (Å²) in [5, 5.41) is 6.19. The molecule has 0 amide bonds. The Balaban J connectivity index is 0.00000529. The molecule has 24 heavy (non-hydrogen) atoms. The SMILES string of the molecule is C=CCOc1ccccc1CNC(=NC)NCCNS(C)(=O)=O.I. The van der Waals surface area contributed by atoms with E-state index in [0.717, 1.165) is 17.6 Å². The highest BCUT2D eigenvalue weighted by Crippen LogP contribution is 2.17. The number of ether oxygens (including phenoxy) is 1. The van der Waals surface area contributed by atoms with Crippen molar-refractivity contribution in [1.82, 2.24) is 15.4 Å². The number of aliphatic imine (C=N–C) groups is 1. The Morgan fingerprint density at radius 1 is 1.29 bits per heavy atom. The second-order valence-corrected chi connectivity index (χ2v) is 6.56. The molecule has 3 N–H and O–H groups in total. The number of hydrogen-bond acceptors (Lipinski definition) is 4. The number of para-hydroxylation sites is 1. The molecular formula is C15H25IN4O3S. The summed E-state index contributed by atoms with van der Waals surface area (Å²) in [6.07, 6.45) is 2.82. The highest BCUT2D eigenvalue weighted by Gasteiger charge is 2.04. The summed E-state index contributed by atoms with van der Waals surface area (Å²) in [6, 6.07) is 7.70. The molecule has 0 aliphatic heterocycles. The minimum absolute atomic E-state index is 0. The molecule has 136 valence electrons. The van der Waals surface area contributed by atoms with Crippen LogP contribution in [0.2, 0.25) is 0 Å². The molecule has 1 rings (SSSR count). The third kappa shape index (κ3) is 9.73. The van der Waals surface area contributed by atoms with Crippen molar-refractivity contribution in [2.45, 2.75) is 6.54 Å². The lowest BCUT2D eigenvalue weighted by Gasteiger charge is -2.14. The van der Waals surface area contributed by atoms with Gasteiger partial charge < -0.3 is 15.4 Å². The van der Waals surface area contributed by atoms with E-state index in [4.69, 9.17) is 4.74 Å². The molecule has 0 unspecified atom stereocenters. The van der Waals surface area contributed by atoms with Crippen LogP contribution < -0.4 is 20.1 Å². The Morgan fingerprint density at radius 2 is 2.00 bits per heavy atom. The Kier molecular flexibility index (Phi) is 11.4. The minimum atomic E-state index is -3.17. The number of hydrogen-bond donors (Lipinski definition) is 3. The van der Waals surface area contributed by atoms with Crippen LogP contribution in [0.25, 0.3) is 0 Å². The number of guanidine groups is 1. The van der Waals surface area contributed by atoms with Gasteiger partial charge >= 0.3 is 0 Å². The van der Waals surface area contributed by atoms with Crippen LogP contribution in [-0.4, -0.2) is 47.4 Å². The standard InChI is InChI=1S/C15H24N4O3S.HI/c1-4-11-22-14-8-6-5-7-13(14)12-18-15(16-2)17-9-10-19-23(3,20)21;/h4-8,19H,1,9-12H2,2-3H3,(H2,16,17,18);1H. The fourth-order valence-corrected chi connectivity index (χ4v) is 2.23. The zero-order chi connectivity index (χ0) is 17.1. The number of sulfonamides is 1. The number of benzene rings is 1. The number of rotatable bonds is 9. The first-order valence-electron chi connectivity index (χ1n) is 7.17. The lowest BCUT2D eigenvalue weighted by Crippen LogP contribution is -2.41. The molecule has 0 aliphatic rings. The van der Waals surface area contributed by atoms with Crippen LogP contribution in [0.5, 0.6) is 5.75 Å². The van der Waals surface area contributed by atoms with Crippen LogP contribution in [0, 0.1) is 0 Å². The predicted octanol–water partition coefficient (Wildman–Crippen LogP) is 1.08. The van der Waals surface area contributed by atoms with Gasteiger partial charge in [-0.25, -0.2) is 13.1 Å². The van der Waals surface area contributed by atoms with Crippen molar-refractivity contribution in [3.05, 3.63) is 42.5 Å². The molecule has 0 aromatic heterocycles. The zero-order valence-corrected chi connectivity index (χ0v) is 17.1. The third-order valence-corrected chi connectivity index (χ3v) is 3.51. The van der Waals surface area contributed by atoms with E-state index >= 15 is 0 Å². The fourth-order valence-electron chi connectivity index (χ4n) is 1.76. The molecule has 0 radical (unpaired) electrons. The number of nitrogens with zero attached hydrogens (tertiary/aromatic N) is 1. The molecule has 9 heteroatoms. The lowest BCUT2D eigenvalue weighted by molar-refractivity contribution is 0.358. The molecule has 1 aromatic carbocycles. The van der Waals surface area contributed by atoms with Gasteiger partial charge in [0.05, 0.1) is 6.26 Å². The number of nitrogens with one attached hydrogen (secondary N) is 3. The maximum atomic E-state index is 11.0. The monoisotopic (exact) mass is 468 g/mol. The van der Waals surface area contributed by atoms with E-state index in [9.17, 15) is 8.42 Å². The van der Waals surface area contributed by atoms with Gasteiger partial charge in [0.25, 0.3) is 0 Å². The maximum absolute atomic E-state index is 11.0. The predicted molar refractivity (Wildman–Crippen MR) is 109 cm³/mol. The van der Waals surface area contributed by atoms with Crippen LogP contribution >= 0.6 is 24.0 Å². The van der Waals surface area contributed by atoms with Gasteiger partial charge in [-0.05, 0) is 6.07 Å². The van der Waals surface area contributed by atoms with E-state index < -0.39 is 10.0 Å². The quantitative estimate of drug-likeness (QED) is 0.166. The highest BCUT2D eigenvalue weighted by atomic mass is 127. The Hall–Kier alpha value is -1.33. The van der Waals surface area contributed by atoms with Gasteiger partial charge in [-0.1, -0.05) is 30.9 Å². The van der Waals surface area contributed by atoms with Crippen LogP contribution in [0.1, 0.15) is 5.56 Å². The Labute approximate surface area is 161 Å². The second-order valence-electron chi connectivity index (χ2n) is 4.73. The van der Waals surface area contributed by atoms with Crippen molar-refractivity contribution in [1.29, 1.82) is 0 Å². The van der Waals surface area contributed by atoms with E-state index in [-0.39, 0.29) is 24.0 Å². The normalized spacial score (nSPS) is 11.3. The smallest absolute Gasteiger partial charge is 0.208 e. The van der Waals surface area contributed by atoms with Crippen molar-refractivity contribution in [2.24, 2.45) is 4.99 Å². The lowest BCUT2D eigenvalue weighted by atomic mass is 10.2. The van der Waals surface area contributed by atoms with E-state index in [1.807, 2.05) is 24.3 Å². The summed E-state index contributed by atoms with van der Waals surface area (Å²) in [4.78, 5) is 4.09. The van der Waals surface area contributed by atoms with Gasteiger partial charge in [-0.3, -0.25) is 4.99 Å². The van der Waals surface area contributed by atoms with Crippen molar-refractivity contribution < 1.29 is 13.2 Å². The van der Waals surface area contributed by atoms with Gasteiger partial charge in [-0.15, -0.1) is 24.0 Å². The van der Waals surface area contributed by atoms with Crippen molar-refractivity contribution in [3.63, 3.8) is 0 Å². The van der Waals surface area contributed by atoms with Crippen molar-refractivity contribution >= 4 is 40.0 Å². The highest BCUT2D eigenvalue weighted by molar-refractivity contribution is 14.0. The van der Waals surface area contributed by atoms with E-state index in [0.29, 0.717) is 32.2 Å². The molecular weight excluding hydrogens is 443 g/mol. The molecule has 0 heterocycles.